The highest BCUT2D eigenvalue weighted by Gasteiger charge is 2.48. The molecule has 1 N–H and O–H groups in total. The molecule has 0 radical (unpaired) electrons. The van der Waals surface area contributed by atoms with Crippen molar-refractivity contribution >= 4 is 0 Å². The van der Waals surface area contributed by atoms with Gasteiger partial charge < -0.3 is 5.11 Å². The number of alkyl halides is 3. The standard InChI is InChI=1S/C6H11F3O/c1-3-4-5(2,10)6(7,8)9/h10H,3-4H2,1-2H3/t5-/m1/s1. The maximum atomic E-state index is 11.8. The van der Waals surface area contributed by atoms with E-state index >= 15 is 0 Å². The zero-order chi connectivity index (χ0) is 8.41. The molecule has 0 saturated carbocycles. The van der Waals surface area contributed by atoms with Gasteiger partial charge in [0.15, 0.2) is 5.60 Å². The Morgan fingerprint density at radius 3 is 1.80 bits per heavy atom. The molecule has 0 aliphatic heterocycles. The first kappa shape index (κ1) is 9.75. The van der Waals surface area contributed by atoms with E-state index in [4.69, 9.17) is 5.11 Å². The van der Waals surface area contributed by atoms with E-state index in [0.29, 0.717) is 6.42 Å². The Labute approximate surface area is 57.9 Å². The topological polar surface area (TPSA) is 20.2 Å². The zero-order valence-electron chi connectivity index (χ0n) is 6.00. The van der Waals surface area contributed by atoms with Crippen LogP contribution >= 0.6 is 0 Å². The van der Waals surface area contributed by atoms with E-state index < -0.39 is 11.8 Å². The fourth-order valence-electron chi connectivity index (χ4n) is 0.629. The van der Waals surface area contributed by atoms with Gasteiger partial charge in [0.25, 0.3) is 0 Å². The van der Waals surface area contributed by atoms with Crippen LogP contribution in [-0.2, 0) is 0 Å². The Morgan fingerprint density at radius 2 is 1.70 bits per heavy atom. The summed E-state index contributed by atoms with van der Waals surface area (Å²) < 4.78 is 35.3. The van der Waals surface area contributed by atoms with Crippen LogP contribution in [-0.4, -0.2) is 16.9 Å². The summed E-state index contributed by atoms with van der Waals surface area (Å²) in [7, 11) is 0. The monoisotopic (exact) mass is 156 g/mol. The highest BCUT2D eigenvalue weighted by molar-refractivity contribution is 4.80. The van der Waals surface area contributed by atoms with Gasteiger partial charge in [-0.25, -0.2) is 0 Å². The summed E-state index contributed by atoms with van der Waals surface area (Å²) in [6.45, 7) is 2.39. The van der Waals surface area contributed by atoms with Crippen LogP contribution in [0.15, 0.2) is 0 Å². The molecule has 0 fully saturated rings. The number of hydrogen-bond acceptors (Lipinski definition) is 1. The molecule has 0 aromatic rings. The molecular weight excluding hydrogens is 145 g/mol. The maximum absolute atomic E-state index is 11.8. The van der Waals surface area contributed by atoms with Crippen molar-refractivity contribution < 1.29 is 18.3 Å². The predicted octanol–water partition coefficient (Wildman–Crippen LogP) is 2.10. The van der Waals surface area contributed by atoms with Crippen molar-refractivity contribution in [2.45, 2.75) is 38.5 Å². The summed E-state index contributed by atoms with van der Waals surface area (Å²) >= 11 is 0. The molecule has 0 heterocycles. The van der Waals surface area contributed by atoms with Gasteiger partial charge in [0, 0.05) is 0 Å². The number of aliphatic hydroxyl groups is 1. The van der Waals surface area contributed by atoms with Crippen LogP contribution in [0, 0.1) is 0 Å². The molecule has 0 saturated heterocycles. The first-order valence-corrected chi connectivity index (χ1v) is 3.10. The lowest BCUT2D eigenvalue weighted by atomic mass is 10.0. The van der Waals surface area contributed by atoms with E-state index in [9.17, 15) is 13.2 Å². The molecule has 0 spiro atoms. The number of rotatable bonds is 2. The molecular formula is C6H11F3O. The van der Waals surface area contributed by atoms with Gasteiger partial charge in [0.1, 0.15) is 0 Å². The van der Waals surface area contributed by atoms with Crippen LogP contribution in [0.1, 0.15) is 26.7 Å². The van der Waals surface area contributed by atoms with Crippen LogP contribution in [0.2, 0.25) is 0 Å². The molecule has 0 bridgehead atoms. The lowest BCUT2D eigenvalue weighted by Gasteiger charge is -2.25. The second kappa shape index (κ2) is 2.78. The average molecular weight is 156 g/mol. The third-order valence-electron chi connectivity index (χ3n) is 1.35. The molecule has 1 nitrogen and oxygen atoms in total. The molecule has 0 aromatic heterocycles. The summed E-state index contributed by atoms with van der Waals surface area (Å²) in [4.78, 5) is 0. The third-order valence-corrected chi connectivity index (χ3v) is 1.35. The molecule has 10 heavy (non-hydrogen) atoms. The van der Waals surface area contributed by atoms with Crippen molar-refractivity contribution in [3.63, 3.8) is 0 Å². The largest absolute Gasteiger partial charge is 0.416 e. The van der Waals surface area contributed by atoms with E-state index in [0.717, 1.165) is 6.92 Å². The Morgan fingerprint density at radius 1 is 1.30 bits per heavy atom. The number of halogens is 3. The molecule has 0 rings (SSSR count). The van der Waals surface area contributed by atoms with E-state index in [2.05, 4.69) is 0 Å². The Hall–Kier alpha value is -0.250. The minimum atomic E-state index is -4.50. The minimum Gasteiger partial charge on any atom is -0.381 e. The molecule has 0 aromatic carbocycles. The smallest absolute Gasteiger partial charge is 0.381 e. The minimum absolute atomic E-state index is 0.240. The van der Waals surface area contributed by atoms with Crippen molar-refractivity contribution in [3.8, 4) is 0 Å². The van der Waals surface area contributed by atoms with Crippen LogP contribution in [0.4, 0.5) is 13.2 Å². The quantitative estimate of drug-likeness (QED) is 0.649. The zero-order valence-corrected chi connectivity index (χ0v) is 6.00. The molecule has 0 amide bonds. The first-order chi connectivity index (χ1) is 4.31. The Balaban J connectivity index is 4.10. The molecule has 4 heteroatoms. The normalized spacial score (nSPS) is 18.6. The van der Waals surface area contributed by atoms with Gasteiger partial charge in [-0.2, -0.15) is 13.2 Å². The van der Waals surface area contributed by atoms with Gasteiger partial charge in [-0.3, -0.25) is 0 Å². The summed E-state index contributed by atoms with van der Waals surface area (Å²) in [5, 5.41) is 8.73. The fourth-order valence-corrected chi connectivity index (χ4v) is 0.629. The van der Waals surface area contributed by atoms with Crippen molar-refractivity contribution in [3.05, 3.63) is 0 Å². The Kier molecular flexibility index (Phi) is 2.71. The highest BCUT2D eigenvalue weighted by atomic mass is 19.4. The molecule has 0 unspecified atom stereocenters. The van der Waals surface area contributed by atoms with E-state index in [-0.39, 0.29) is 6.42 Å². The lowest BCUT2D eigenvalue weighted by Crippen LogP contribution is -2.41. The van der Waals surface area contributed by atoms with Gasteiger partial charge in [-0.1, -0.05) is 13.3 Å². The van der Waals surface area contributed by atoms with Gasteiger partial charge in [-0.05, 0) is 13.3 Å². The van der Waals surface area contributed by atoms with Crippen LogP contribution in [0.5, 0.6) is 0 Å². The summed E-state index contributed by atoms with van der Waals surface area (Å²) in [5.74, 6) is 0. The summed E-state index contributed by atoms with van der Waals surface area (Å²) in [6.07, 6.45) is -4.41. The Bertz CT molecular complexity index is 106. The van der Waals surface area contributed by atoms with Gasteiger partial charge >= 0.3 is 6.18 Å². The highest BCUT2D eigenvalue weighted by Crippen LogP contribution is 2.33. The van der Waals surface area contributed by atoms with Crippen molar-refractivity contribution in [1.82, 2.24) is 0 Å². The molecule has 0 aliphatic carbocycles. The number of hydrogen-bond donors (Lipinski definition) is 1. The van der Waals surface area contributed by atoms with E-state index in [1.165, 1.54) is 0 Å². The summed E-state index contributed by atoms with van der Waals surface area (Å²) in [5.41, 5.74) is -2.51. The fraction of sp³-hybridized carbons (Fsp3) is 1.00. The van der Waals surface area contributed by atoms with Gasteiger partial charge in [0.05, 0.1) is 0 Å². The second-order valence-corrected chi connectivity index (χ2v) is 2.52. The molecule has 62 valence electrons. The first-order valence-electron chi connectivity index (χ1n) is 3.10. The molecule has 0 aliphatic rings. The predicted molar refractivity (Wildman–Crippen MR) is 31.6 cm³/mol. The van der Waals surface area contributed by atoms with Crippen molar-refractivity contribution in [1.29, 1.82) is 0 Å². The van der Waals surface area contributed by atoms with Crippen LogP contribution in [0.3, 0.4) is 0 Å². The summed E-state index contributed by atoms with van der Waals surface area (Å²) in [6, 6.07) is 0. The lowest BCUT2D eigenvalue weighted by molar-refractivity contribution is -0.255. The average Bonchev–Trinajstić information content (AvgIpc) is 1.61. The third kappa shape index (κ3) is 2.17. The van der Waals surface area contributed by atoms with Crippen LogP contribution in [0.25, 0.3) is 0 Å². The van der Waals surface area contributed by atoms with Gasteiger partial charge in [-0.15, -0.1) is 0 Å². The van der Waals surface area contributed by atoms with E-state index in [1.807, 2.05) is 0 Å². The second-order valence-electron chi connectivity index (χ2n) is 2.52. The maximum Gasteiger partial charge on any atom is 0.416 e. The molecule has 1 atom stereocenters. The van der Waals surface area contributed by atoms with E-state index in [1.54, 1.807) is 6.92 Å². The SMILES string of the molecule is CCC[C@@](C)(O)C(F)(F)F. The van der Waals surface area contributed by atoms with Gasteiger partial charge in [0.2, 0.25) is 0 Å². The van der Waals surface area contributed by atoms with Crippen molar-refractivity contribution in [2.75, 3.05) is 0 Å². The van der Waals surface area contributed by atoms with Crippen molar-refractivity contribution in [2.24, 2.45) is 0 Å². The van der Waals surface area contributed by atoms with Crippen LogP contribution < -0.4 is 0 Å².